The van der Waals surface area contributed by atoms with Crippen LogP contribution in [0, 0.1) is 5.82 Å². The number of hydrogen-bond donors (Lipinski definition) is 2. The lowest BCUT2D eigenvalue weighted by Gasteiger charge is -2.26. The Balaban J connectivity index is 1.64. The van der Waals surface area contributed by atoms with Gasteiger partial charge in [0, 0.05) is 0 Å². The summed E-state index contributed by atoms with van der Waals surface area (Å²) in [5, 5.41) is 11.2. The molecule has 1 aliphatic rings. The normalized spacial score (nSPS) is 14.4. The third kappa shape index (κ3) is 5.73. The summed E-state index contributed by atoms with van der Waals surface area (Å²) in [6.07, 6.45) is 1.31. The molecule has 0 bridgehead atoms. The second-order valence-electron chi connectivity index (χ2n) is 7.99. The maximum atomic E-state index is 13.2. The van der Waals surface area contributed by atoms with Crippen molar-refractivity contribution in [3.8, 4) is 11.5 Å². The number of carbonyl (C=O) groups excluding carboxylic acids is 3. The molecule has 0 unspecified atom stereocenters. The largest absolute Gasteiger partial charge is 0.490 e. The molecule has 194 valence electrons. The number of rotatable bonds is 8. The van der Waals surface area contributed by atoms with Crippen LogP contribution in [0.3, 0.4) is 0 Å². The number of nitrogens with zero attached hydrogens (tertiary/aromatic N) is 1. The van der Waals surface area contributed by atoms with Crippen LogP contribution in [0.2, 0.25) is 0 Å². The highest BCUT2D eigenvalue weighted by atomic mass is 79.9. The highest BCUT2D eigenvalue weighted by Crippen LogP contribution is 2.38. The molecule has 4 rings (SSSR count). The molecule has 4 amide bonds. The molecule has 1 heterocycles. The van der Waals surface area contributed by atoms with E-state index in [2.05, 4.69) is 21.2 Å². The van der Waals surface area contributed by atoms with E-state index in [9.17, 15) is 23.6 Å². The standard InChI is InChI=1S/C27H20BrFN2O7/c1-2-37-22-13-16(12-21(28)23(22)38-14-15-3-7-18(29)8-4-15)11-20-24(32)30-27(36)31(25(20)33)19-9-5-17(6-10-19)26(34)35/h3-13H,2,14H2,1H3,(H,34,35)(H,30,32,36)/b20-11+. The number of anilines is 1. The molecule has 2 N–H and O–H groups in total. The number of amides is 4. The van der Waals surface area contributed by atoms with E-state index in [0.29, 0.717) is 28.1 Å². The fourth-order valence-electron chi connectivity index (χ4n) is 3.62. The summed E-state index contributed by atoms with van der Waals surface area (Å²) in [4.78, 5) is 50.1. The summed E-state index contributed by atoms with van der Waals surface area (Å²) in [7, 11) is 0. The summed E-state index contributed by atoms with van der Waals surface area (Å²) in [5.74, 6) is -2.59. The topological polar surface area (TPSA) is 122 Å². The average molecular weight is 583 g/mol. The molecule has 0 aliphatic carbocycles. The minimum absolute atomic E-state index is 0.0273. The Kier molecular flexibility index (Phi) is 7.87. The Labute approximate surface area is 224 Å². The molecule has 3 aromatic carbocycles. The Morgan fingerprint density at radius 1 is 1.05 bits per heavy atom. The number of benzene rings is 3. The number of carboxylic acid groups (broad SMARTS) is 1. The molecule has 0 radical (unpaired) electrons. The van der Waals surface area contributed by atoms with Gasteiger partial charge in [0.2, 0.25) is 0 Å². The van der Waals surface area contributed by atoms with Crippen LogP contribution in [-0.2, 0) is 16.2 Å². The minimum Gasteiger partial charge on any atom is -0.490 e. The first-order valence-electron chi connectivity index (χ1n) is 11.3. The number of imide groups is 2. The smallest absolute Gasteiger partial charge is 0.335 e. The van der Waals surface area contributed by atoms with Crippen molar-refractivity contribution in [2.75, 3.05) is 11.5 Å². The quantitative estimate of drug-likeness (QED) is 0.285. The van der Waals surface area contributed by atoms with E-state index in [-0.39, 0.29) is 29.2 Å². The van der Waals surface area contributed by atoms with Crippen LogP contribution in [0.15, 0.2) is 70.7 Å². The first kappa shape index (κ1) is 26.6. The van der Waals surface area contributed by atoms with Gasteiger partial charge in [-0.05, 0) is 88.6 Å². The van der Waals surface area contributed by atoms with E-state index in [4.69, 9.17) is 14.6 Å². The molecule has 11 heteroatoms. The Morgan fingerprint density at radius 2 is 1.74 bits per heavy atom. The van der Waals surface area contributed by atoms with Gasteiger partial charge in [-0.25, -0.2) is 18.9 Å². The lowest BCUT2D eigenvalue weighted by atomic mass is 10.1. The van der Waals surface area contributed by atoms with E-state index in [1.54, 1.807) is 31.2 Å². The molecule has 1 aliphatic heterocycles. The fraction of sp³-hybridized carbons (Fsp3) is 0.111. The molecule has 1 fully saturated rings. The van der Waals surface area contributed by atoms with Crippen LogP contribution in [0.4, 0.5) is 14.9 Å². The van der Waals surface area contributed by atoms with Crippen LogP contribution in [0.25, 0.3) is 6.08 Å². The van der Waals surface area contributed by atoms with Gasteiger partial charge in [0.15, 0.2) is 11.5 Å². The number of ether oxygens (including phenoxy) is 2. The van der Waals surface area contributed by atoms with Crippen LogP contribution in [0.5, 0.6) is 11.5 Å². The summed E-state index contributed by atoms with van der Waals surface area (Å²) < 4.78 is 25.3. The zero-order chi connectivity index (χ0) is 27.4. The zero-order valence-electron chi connectivity index (χ0n) is 19.9. The highest BCUT2D eigenvalue weighted by molar-refractivity contribution is 9.10. The number of hydrogen-bond acceptors (Lipinski definition) is 6. The number of carboxylic acids is 1. The molecule has 0 spiro atoms. The van der Waals surface area contributed by atoms with Crippen molar-refractivity contribution in [3.63, 3.8) is 0 Å². The van der Waals surface area contributed by atoms with Crippen LogP contribution in [-0.4, -0.2) is 35.5 Å². The van der Waals surface area contributed by atoms with Crippen molar-refractivity contribution in [3.05, 3.63) is 93.2 Å². The van der Waals surface area contributed by atoms with Crippen molar-refractivity contribution in [2.24, 2.45) is 0 Å². The van der Waals surface area contributed by atoms with Crippen molar-refractivity contribution in [2.45, 2.75) is 13.5 Å². The number of carbonyl (C=O) groups is 4. The van der Waals surface area contributed by atoms with Crippen LogP contribution >= 0.6 is 15.9 Å². The highest BCUT2D eigenvalue weighted by Gasteiger charge is 2.37. The fourth-order valence-corrected chi connectivity index (χ4v) is 4.20. The van der Waals surface area contributed by atoms with E-state index in [0.717, 1.165) is 10.5 Å². The Bertz CT molecular complexity index is 1450. The van der Waals surface area contributed by atoms with Crippen LogP contribution < -0.4 is 19.7 Å². The number of nitrogens with one attached hydrogen (secondary N) is 1. The maximum Gasteiger partial charge on any atom is 0.335 e. The Morgan fingerprint density at radius 3 is 2.37 bits per heavy atom. The molecule has 1 saturated heterocycles. The predicted octanol–water partition coefficient (Wildman–Crippen LogP) is 4.93. The SMILES string of the molecule is CCOc1cc(/C=C2\C(=O)NC(=O)N(c3ccc(C(=O)O)cc3)C2=O)cc(Br)c1OCc1ccc(F)cc1. The summed E-state index contributed by atoms with van der Waals surface area (Å²) >= 11 is 3.43. The Hall–Kier alpha value is -4.51. The average Bonchev–Trinajstić information content (AvgIpc) is 2.87. The van der Waals surface area contributed by atoms with E-state index >= 15 is 0 Å². The third-order valence-corrected chi connectivity index (χ3v) is 6.00. The number of aromatic carboxylic acids is 1. The molecule has 0 aromatic heterocycles. The monoisotopic (exact) mass is 582 g/mol. The van der Waals surface area contributed by atoms with Crippen LogP contribution in [0.1, 0.15) is 28.4 Å². The van der Waals surface area contributed by atoms with Gasteiger partial charge >= 0.3 is 12.0 Å². The van der Waals surface area contributed by atoms with E-state index in [1.165, 1.54) is 42.5 Å². The summed E-state index contributed by atoms with van der Waals surface area (Å²) in [6, 6.07) is 13.2. The first-order chi connectivity index (χ1) is 18.2. The van der Waals surface area contributed by atoms with Crippen molar-refractivity contribution >= 4 is 51.5 Å². The summed E-state index contributed by atoms with van der Waals surface area (Å²) in [6.45, 7) is 2.21. The lowest BCUT2D eigenvalue weighted by Crippen LogP contribution is -2.54. The molecule has 38 heavy (non-hydrogen) atoms. The number of barbiturate groups is 1. The van der Waals surface area contributed by atoms with E-state index in [1.807, 2.05) is 0 Å². The van der Waals surface area contributed by atoms with Gasteiger partial charge in [0.05, 0.1) is 22.3 Å². The molecule has 0 saturated carbocycles. The van der Waals surface area contributed by atoms with Gasteiger partial charge in [-0.3, -0.25) is 14.9 Å². The second-order valence-corrected chi connectivity index (χ2v) is 8.84. The lowest BCUT2D eigenvalue weighted by molar-refractivity contribution is -0.122. The maximum absolute atomic E-state index is 13.2. The van der Waals surface area contributed by atoms with Crippen molar-refractivity contribution in [1.82, 2.24) is 5.32 Å². The van der Waals surface area contributed by atoms with Gasteiger partial charge in [-0.15, -0.1) is 0 Å². The van der Waals surface area contributed by atoms with Crippen molar-refractivity contribution < 1.29 is 38.1 Å². The number of halogens is 2. The van der Waals surface area contributed by atoms with Gasteiger partial charge in [0.25, 0.3) is 11.8 Å². The first-order valence-corrected chi connectivity index (χ1v) is 12.1. The third-order valence-electron chi connectivity index (χ3n) is 5.41. The molecular weight excluding hydrogens is 563 g/mol. The molecular formula is C27H20BrFN2O7. The molecule has 0 atom stereocenters. The number of urea groups is 1. The zero-order valence-corrected chi connectivity index (χ0v) is 21.5. The summed E-state index contributed by atoms with van der Waals surface area (Å²) in [5.41, 5.74) is 0.888. The van der Waals surface area contributed by atoms with E-state index < -0.39 is 23.8 Å². The molecule has 9 nitrogen and oxygen atoms in total. The second kappa shape index (κ2) is 11.3. The van der Waals surface area contributed by atoms with Gasteiger partial charge < -0.3 is 14.6 Å². The van der Waals surface area contributed by atoms with Gasteiger partial charge in [0.1, 0.15) is 18.0 Å². The van der Waals surface area contributed by atoms with Crippen molar-refractivity contribution in [1.29, 1.82) is 0 Å². The predicted molar refractivity (Wildman–Crippen MR) is 138 cm³/mol. The molecule has 3 aromatic rings. The van der Waals surface area contributed by atoms with Gasteiger partial charge in [-0.1, -0.05) is 12.1 Å². The van der Waals surface area contributed by atoms with Gasteiger partial charge in [-0.2, -0.15) is 0 Å². The minimum atomic E-state index is -1.16.